The van der Waals surface area contributed by atoms with Crippen molar-refractivity contribution in [3.8, 4) is 5.75 Å². The van der Waals surface area contributed by atoms with Gasteiger partial charge in [-0.15, -0.1) is 11.3 Å². The Labute approximate surface area is 180 Å². The fraction of sp³-hybridized carbons (Fsp3) is 0.429. The second-order valence-electron chi connectivity index (χ2n) is 7.19. The van der Waals surface area contributed by atoms with Crippen molar-refractivity contribution in [2.75, 3.05) is 23.8 Å². The molecule has 2 N–H and O–H groups in total. The van der Waals surface area contributed by atoms with Gasteiger partial charge in [-0.2, -0.15) is 0 Å². The number of hydrogen-bond acceptors (Lipinski definition) is 6. The zero-order valence-electron chi connectivity index (χ0n) is 17.1. The van der Waals surface area contributed by atoms with Crippen molar-refractivity contribution in [1.82, 2.24) is 0 Å². The van der Waals surface area contributed by atoms with Crippen LogP contribution in [0.5, 0.6) is 5.75 Å². The van der Waals surface area contributed by atoms with E-state index < -0.39 is 0 Å². The molecule has 1 aliphatic heterocycles. The number of fused-ring (bicyclic) bond motifs is 1. The van der Waals surface area contributed by atoms with Crippen LogP contribution in [0.25, 0.3) is 0 Å². The smallest absolute Gasteiger partial charge is 0.341 e. The molecule has 29 heavy (non-hydrogen) atoms. The van der Waals surface area contributed by atoms with Crippen molar-refractivity contribution in [3.05, 3.63) is 40.3 Å². The predicted octanol–water partition coefficient (Wildman–Crippen LogP) is 4.98. The molecule has 0 amide bonds. The van der Waals surface area contributed by atoms with Crippen molar-refractivity contribution in [2.45, 2.75) is 46.3 Å². The molecule has 0 saturated heterocycles. The molecule has 0 aliphatic carbocycles. The van der Waals surface area contributed by atoms with Crippen LogP contribution in [0.1, 0.15) is 48.5 Å². The minimum Gasteiger partial charge on any atom is -0.494 e. The first-order valence-corrected chi connectivity index (χ1v) is 10.8. The van der Waals surface area contributed by atoms with Crippen LogP contribution in [0.2, 0.25) is 0 Å². The maximum Gasteiger partial charge on any atom is 0.341 e. The van der Waals surface area contributed by atoms with Crippen LogP contribution in [0.15, 0.2) is 24.3 Å². The Balaban J connectivity index is 1.79. The molecule has 0 fully saturated rings. The van der Waals surface area contributed by atoms with E-state index in [0.29, 0.717) is 41.9 Å². The summed E-state index contributed by atoms with van der Waals surface area (Å²) in [6, 6.07) is 7.53. The summed E-state index contributed by atoms with van der Waals surface area (Å²) >= 11 is 6.95. The number of carbonyl (C=O) groups is 1. The highest BCUT2D eigenvalue weighted by Gasteiger charge is 2.34. The third-order valence-electron chi connectivity index (χ3n) is 4.42. The third-order valence-corrected chi connectivity index (χ3v) is 5.74. The molecule has 0 bridgehead atoms. The lowest BCUT2D eigenvalue weighted by atomic mass is 9.93. The SMILES string of the molecule is CCOC(=O)c1c(NC(=S)Nc2ccc(OCC)cc2)sc2c1CC(C)(C)OC2. The Morgan fingerprint density at radius 2 is 1.93 bits per heavy atom. The van der Waals surface area contributed by atoms with Crippen LogP contribution in [-0.4, -0.2) is 29.9 Å². The van der Waals surface area contributed by atoms with E-state index in [-0.39, 0.29) is 11.6 Å². The summed E-state index contributed by atoms with van der Waals surface area (Å²) in [6.07, 6.45) is 0.647. The number of thiocarbonyl (C=S) groups is 1. The van der Waals surface area contributed by atoms with Gasteiger partial charge in [-0.25, -0.2) is 4.79 Å². The molecule has 2 aromatic rings. The van der Waals surface area contributed by atoms with Gasteiger partial charge in [0.1, 0.15) is 10.8 Å². The fourth-order valence-corrected chi connectivity index (χ4v) is 4.54. The van der Waals surface area contributed by atoms with E-state index in [0.717, 1.165) is 21.9 Å². The zero-order chi connectivity index (χ0) is 21.0. The van der Waals surface area contributed by atoms with Crippen molar-refractivity contribution in [1.29, 1.82) is 0 Å². The molecule has 0 spiro atoms. The number of ether oxygens (including phenoxy) is 3. The first-order chi connectivity index (χ1) is 13.8. The Morgan fingerprint density at radius 1 is 1.21 bits per heavy atom. The van der Waals surface area contributed by atoms with Crippen molar-refractivity contribution in [2.24, 2.45) is 0 Å². The van der Waals surface area contributed by atoms with Gasteiger partial charge in [0, 0.05) is 17.0 Å². The summed E-state index contributed by atoms with van der Waals surface area (Å²) in [5, 5.41) is 7.40. The molecule has 1 aromatic heterocycles. The van der Waals surface area contributed by atoms with Gasteiger partial charge in [-0.3, -0.25) is 0 Å². The lowest BCUT2D eigenvalue weighted by Gasteiger charge is -2.30. The van der Waals surface area contributed by atoms with Gasteiger partial charge in [-0.05, 0) is 69.7 Å². The number of hydrogen-bond donors (Lipinski definition) is 2. The van der Waals surface area contributed by atoms with Gasteiger partial charge >= 0.3 is 5.97 Å². The van der Waals surface area contributed by atoms with Crippen LogP contribution < -0.4 is 15.4 Å². The Bertz CT molecular complexity index is 891. The zero-order valence-corrected chi connectivity index (χ0v) is 18.7. The predicted molar refractivity (Wildman–Crippen MR) is 120 cm³/mol. The molecule has 156 valence electrons. The summed E-state index contributed by atoms with van der Waals surface area (Å²) in [7, 11) is 0. The van der Waals surface area contributed by atoms with Gasteiger partial charge in [0.05, 0.1) is 31.0 Å². The van der Waals surface area contributed by atoms with E-state index >= 15 is 0 Å². The number of rotatable bonds is 6. The quantitative estimate of drug-likeness (QED) is 0.491. The van der Waals surface area contributed by atoms with E-state index in [2.05, 4.69) is 10.6 Å². The number of nitrogens with one attached hydrogen (secondary N) is 2. The highest BCUT2D eigenvalue weighted by Crippen LogP contribution is 2.40. The summed E-state index contributed by atoms with van der Waals surface area (Å²) in [4.78, 5) is 13.7. The molecule has 2 heterocycles. The number of esters is 1. The molecule has 0 saturated carbocycles. The summed E-state index contributed by atoms with van der Waals surface area (Å²) in [5.41, 5.74) is 2.04. The highest BCUT2D eigenvalue weighted by atomic mass is 32.1. The first kappa shape index (κ1) is 21.5. The minimum atomic E-state index is -0.339. The largest absolute Gasteiger partial charge is 0.494 e. The summed E-state index contributed by atoms with van der Waals surface area (Å²) < 4.78 is 16.7. The van der Waals surface area contributed by atoms with Crippen molar-refractivity contribution >= 4 is 45.3 Å². The molecular formula is C21H26N2O4S2. The monoisotopic (exact) mass is 434 g/mol. The molecule has 6 nitrogen and oxygen atoms in total. The third kappa shape index (κ3) is 5.26. The highest BCUT2D eigenvalue weighted by molar-refractivity contribution is 7.80. The molecule has 0 radical (unpaired) electrons. The maximum atomic E-state index is 12.7. The Hall–Kier alpha value is -2.16. The number of carbonyl (C=O) groups excluding carboxylic acids is 1. The van der Waals surface area contributed by atoms with E-state index in [4.69, 9.17) is 26.4 Å². The van der Waals surface area contributed by atoms with Gasteiger partial charge in [0.25, 0.3) is 0 Å². The second kappa shape index (κ2) is 9.11. The summed E-state index contributed by atoms with van der Waals surface area (Å²) in [6.45, 7) is 9.19. The van der Waals surface area contributed by atoms with Gasteiger partial charge < -0.3 is 24.8 Å². The minimum absolute atomic E-state index is 0.317. The molecule has 1 aromatic carbocycles. The average Bonchev–Trinajstić information content (AvgIpc) is 2.99. The van der Waals surface area contributed by atoms with Crippen LogP contribution >= 0.6 is 23.6 Å². The van der Waals surface area contributed by atoms with Crippen molar-refractivity contribution < 1.29 is 19.0 Å². The molecule has 1 aliphatic rings. The van der Waals surface area contributed by atoms with E-state index in [1.165, 1.54) is 11.3 Å². The van der Waals surface area contributed by atoms with Crippen LogP contribution in [0, 0.1) is 0 Å². The molecule has 3 rings (SSSR count). The second-order valence-corrected chi connectivity index (χ2v) is 8.70. The fourth-order valence-electron chi connectivity index (χ4n) is 3.13. The number of anilines is 2. The van der Waals surface area contributed by atoms with E-state index in [1.807, 2.05) is 45.0 Å². The molecular weight excluding hydrogens is 408 g/mol. The lowest BCUT2D eigenvalue weighted by molar-refractivity contribution is -0.0384. The van der Waals surface area contributed by atoms with Gasteiger partial charge in [0.15, 0.2) is 5.11 Å². The van der Waals surface area contributed by atoms with Crippen LogP contribution in [0.4, 0.5) is 10.7 Å². The number of thiophene rings is 1. The molecule has 0 atom stereocenters. The van der Waals surface area contributed by atoms with E-state index in [9.17, 15) is 4.79 Å². The van der Waals surface area contributed by atoms with Crippen LogP contribution in [0.3, 0.4) is 0 Å². The molecule has 8 heteroatoms. The number of benzene rings is 1. The molecule has 0 unspecified atom stereocenters. The normalized spacial score (nSPS) is 14.6. The van der Waals surface area contributed by atoms with Gasteiger partial charge in [0.2, 0.25) is 0 Å². The summed E-state index contributed by atoms with van der Waals surface area (Å²) in [5.74, 6) is 0.462. The average molecular weight is 435 g/mol. The standard InChI is InChI=1S/C21H26N2O4S2/c1-5-25-14-9-7-13(8-10-14)22-20(28)23-18-17(19(24)26-6-2)15-11-21(3,4)27-12-16(15)29-18/h7-10H,5-6,11-12H2,1-4H3,(H2,22,23,28). The topological polar surface area (TPSA) is 68.8 Å². The van der Waals surface area contributed by atoms with Crippen molar-refractivity contribution in [3.63, 3.8) is 0 Å². The van der Waals surface area contributed by atoms with Gasteiger partial charge in [-0.1, -0.05) is 0 Å². The Morgan fingerprint density at radius 3 is 2.59 bits per heavy atom. The van der Waals surface area contributed by atoms with Crippen LogP contribution in [-0.2, 0) is 22.5 Å². The first-order valence-electron chi connectivity index (χ1n) is 9.59. The maximum absolute atomic E-state index is 12.7. The van der Waals surface area contributed by atoms with E-state index in [1.54, 1.807) is 6.92 Å². The Kier molecular flexibility index (Phi) is 6.77. The lowest BCUT2D eigenvalue weighted by Crippen LogP contribution is -2.32.